The number of imidazole rings is 1. The van der Waals surface area contributed by atoms with E-state index in [-0.39, 0.29) is 10.9 Å². The molecule has 0 aliphatic heterocycles. The molecule has 0 aliphatic carbocycles. The van der Waals surface area contributed by atoms with Gasteiger partial charge in [0.05, 0.1) is 23.3 Å². The van der Waals surface area contributed by atoms with Gasteiger partial charge < -0.3 is 9.09 Å². The number of hydrogen-bond acceptors (Lipinski definition) is 6. The van der Waals surface area contributed by atoms with Crippen LogP contribution in [0.4, 0.5) is 0 Å². The molecule has 0 fully saturated rings. The lowest BCUT2D eigenvalue weighted by Gasteiger charge is -2.17. The van der Waals surface area contributed by atoms with E-state index in [4.69, 9.17) is 4.52 Å². The Kier molecular flexibility index (Phi) is 8.04. The van der Waals surface area contributed by atoms with Crippen LogP contribution < -0.4 is 0 Å². The van der Waals surface area contributed by atoms with Crippen molar-refractivity contribution in [1.82, 2.24) is 19.6 Å². The van der Waals surface area contributed by atoms with Crippen molar-refractivity contribution in [2.24, 2.45) is 5.92 Å². The van der Waals surface area contributed by atoms with Crippen molar-refractivity contribution >= 4 is 9.84 Å². The van der Waals surface area contributed by atoms with Gasteiger partial charge in [-0.25, -0.2) is 13.4 Å². The summed E-state index contributed by atoms with van der Waals surface area (Å²) >= 11 is 0. The van der Waals surface area contributed by atoms with Gasteiger partial charge in [0.25, 0.3) is 0 Å². The minimum atomic E-state index is -3.38. The summed E-state index contributed by atoms with van der Waals surface area (Å²) in [5.41, 5.74) is 1.76. The maximum absolute atomic E-state index is 12.8. The van der Waals surface area contributed by atoms with E-state index in [0.717, 1.165) is 30.7 Å². The second-order valence-corrected chi connectivity index (χ2v) is 9.56. The normalized spacial score (nSPS) is 12.4. The van der Waals surface area contributed by atoms with Gasteiger partial charge in [-0.05, 0) is 32.2 Å². The van der Waals surface area contributed by atoms with Crippen LogP contribution in [-0.4, -0.2) is 40.8 Å². The average molecular weight is 397 g/mol. The van der Waals surface area contributed by atoms with Gasteiger partial charge in [-0.15, -0.1) is 0 Å². The summed E-state index contributed by atoms with van der Waals surface area (Å²) < 4.78 is 32.4. The Morgan fingerprint density at radius 2 is 2.04 bits per heavy atom. The first-order valence-corrected chi connectivity index (χ1v) is 11.3. The van der Waals surface area contributed by atoms with Crippen molar-refractivity contribution in [3.05, 3.63) is 29.9 Å². The lowest BCUT2D eigenvalue weighted by molar-refractivity contribution is 0.294. The lowest BCUT2D eigenvalue weighted by atomic mass is 10.1. The van der Waals surface area contributed by atoms with Gasteiger partial charge in [-0.1, -0.05) is 32.3 Å². The van der Waals surface area contributed by atoms with Crippen molar-refractivity contribution in [2.45, 2.75) is 71.2 Å². The minimum Gasteiger partial charge on any atom is -0.364 e. The zero-order valence-electron chi connectivity index (χ0n) is 16.9. The largest absolute Gasteiger partial charge is 0.364 e. The van der Waals surface area contributed by atoms with E-state index < -0.39 is 9.84 Å². The predicted molar refractivity (Wildman–Crippen MR) is 105 cm³/mol. The molecule has 0 atom stereocenters. The smallest absolute Gasteiger partial charge is 0.227 e. The summed E-state index contributed by atoms with van der Waals surface area (Å²) in [6.07, 6.45) is 6.75. The number of rotatable bonds is 12. The molecule has 0 aliphatic rings. The molecule has 0 spiro atoms. The number of nitrogens with zero attached hydrogens (tertiary/aromatic N) is 4. The van der Waals surface area contributed by atoms with Gasteiger partial charge >= 0.3 is 0 Å². The van der Waals surface area contributed by atoms with Crippen molar-refractivity contribution in [2.75, 3.05) is 12.8 Å². The Balaban J connectivity index is 2.15. The van der Waals surface area contributed by atoms with Gasteiger partial charge in [0.15, 0.2) is 0 Å². The Morgan fingerprint density at radius 1 is 1.26 bits per heavy atom. The summed E-state index contributed by atoms with van der Waals surface area (Å²) in [6.45, 7) is 8.22. The SMILES string of the molecule is CCCCn1c(CN(C)Cc2ccon2)cnc1S(=O)(=O)CCCC(C)C. The molecule has 0 radical (unpaired) electrons. The molecule has 7 nitrogen and oxygen atoms in total. The first-order chi connectivity index (χ1) is 12.8. The van der Waals surface area contributed by atoms with Crippen LogP contribution in [0.2, 0.25) is 0 Å². The van der Waals surface area contributed by atoms with E-state index >= 15 is 0 Å². The standard InChI is InChI=1S/C19H32N4O3S/c1-5-6-10-23-18(15-22(4)14-17-9-11-26-21-17)13-20-19(23)27(24,25)12-7-8-16(2)3/h9,11,13,16H,5-8,10,12,14-15H2,1-4H3. The van der Waals surface area contributed by atoms with Crippen molar-refractivity contribution in [1.29, 1.82) is 0 Å². The van der Waals surface area contributed by atoms with Crippen LogP contribution in [-0.2, 0) is 29.5 Å². The van der Waals surface area contributed by atoms with Crippen LogP contribution >= 0.6 is 0 Å². The molecule has 2 aromatic heterocycles. The second kappa shape index (κ2) is 10.0. The molecule has 0 saturated carbocycles. The van der Waals surface area contributed by atoms with E-state index in [1.807, 2.05) is 17.7 Å². The Morgan fingerprint density at radius 3 is 2.67 bits per heavy atom. The fourth-order valence-corrected chi connectivity index (χ4v) is 4.51. The van der Waals surface area contributed by atoms with Gasteiger partial charge in [0.1, 0.15) is 6.26 Å². The molecule has 27 heavy (non-hydrogen) atoms. The third-order valence-electron chi connectivity index (χ3n) is 4.46. The van der Waals surface area contributed by atoms with Crippen LogP contribution in [0.25, 0.3) is 0 Å². The predicted octanol–water partition coefficient (Wildman–Crippen LogP) is 3.51. The summed E-state index contributed by atoms with van der Waals surface area (Å²) in [7, 11) is -1.40. The molecule has 0 bridgehead atoms. The highest BCUT2D eigenvalue weighted by Crippen LogP contribution is 2.18. The monoisotopic (exact) mass is 396 g/mol. The lowest BCUT2D eigenvalue weighted by Crippen LogP contribution is -2.21. The fraction of sp³-hybridized carbons (Fsp3) is 0.684. The molecule has 2 heterocycles. The van der Waals surface area contributed by atoms with Gasteiger partial charge in [0, 0.05) is 25.7 Å². The molecule has 2 aromatic rings. The van der Waals surface area contributed by atoms with Crippen molar-refractivity contribution < 1.29 is 12.9 Å². The summed E-state index contributed by atoms with van der Waals surface area (Å²) in [5.74, 6) is 0.656. The Bertz CT molecular complexity index is 782. The third-order valence-corrected chi connectivity index (χ3v) is 6.17. The fourth-order valence-electron chi connectivity index (χ4n) is 3.02. The molecule has 8 heteroatoms. The molecular weight excluding hydrogens is 364 g/mol. The van der Waals surface area contributed by atoms with Crippen LogP contribution in [0.3, 0.4) is 0 Å². The zero-order chi connectivity index (χ0) is 19.9. The van der Waals surface area contributed by atoms with Gasteiger partial charge in [-0.2, -0.15) is 0 Å². The Labute approximate surface area is 162 Å². The first-order valence-electron chi connectivity index (χ1n) is 9.68. The van der Waals surface area contributed by atoms with E-state index in [1.165, 1.54) is 0 Å². The maximum atomic E-state index is 12.8. The molecule has 0 unspecified atom stereocenters. The van der Waals surface area contributed by atoms with Crippen molar-refractivity contribution in [3.8, 4) is 0 Å². The van der Waals surface area contributed by atoms with Crippen LogP contribution in [0.1, 0.15) is 57.8 Å². The highest BCUT2D eigenvalue weighted by molar-refractivity contribution is 7.91. The number of hydrogen-bond donors (Lipinski definition) is 0. The summed E-state index contributed by atoms with van der Waals surface area (Å²) in [6, 6.07) is 1.83. The van der Waals surface area contributed by atoms with Gasteiger partial charge in [-0.3, -0.25) is 4.90 Å². The highest BCUT2D eigenvalue weighted by atomic mass is 32.2. The maximum Gasteiger partial charge on any atom is 0.227 e. The van der Waals surface area contributed by atoms with E-state index in [1.54, 1.807) is 12.5 Å². The average Bonchev–Trinajstić information content (AvgIpc) is 3.22. The van der Waals surface area contributed by atoms with Crippen LogP contribution in [0.5, 0.6) is 0 Å². The number of aromatic nitrogens is 3. The van der Waals surface area contributed by atoms with E-state index in [0.29, 0.717) is 32.0 Å². The van der Waals surface area contributed by atoms with Crippen LogP contribution in [0, 0.1) is 5.92 Å². The number of unbranched alkanes of at least 4 members (excludes halogenated alkanes) is 1. The molecular formula is C19H32N4O3S. The number of sulfone groups is 1. The molecule has 152 valence electrons. The summed E-state index contributed by atoms with van der Waals surface area (Å²) in [4.78, 5) is 6.38. The van der Waals surface area contributed by atoms with Crippen LogP contribution in [0.15, 0.2) is 28.2 Å². The van der Waals surface area contributed by atoms with E-state index in [2.05, 4.69) is 35.8 Å². The highest BCUT2D eigenvalue weighted by Gasteiger charge is 2.23. The van der Waals surface area contributed by atoms with Gasteiger partial charge in [0.2, 0.25) is 15.0 Å². The molecule has 0 N–H and O–H groups in total. The zero-order valence-corrected chi connectivity index (χ0v) is 17.7. The molecule has 0 amide bonds. The minimum absolute atomic E-state index is 0.155. The second-order valence-electron chi connectivity index (χ2n) is 7.56. The summed E-state index contributed by atoms with van der Waals surface area (Å²) in [5, 5.41) is 4.14. The third kappa shape index (κ3) is 6.46. The topological polar surface area (TPSA) is 81.2 Å². The van der Waals surface area contributed by atoms with E-state index in [9.17, 15) is 8.42 Å². The van der Waals surface area contributed by atoms with Crippen molar-refractivity contribution in [3.63, 3.8) is 0 Å². The molecule has 0 aromatic carbocycles. The quantitative estimate of drug-likeness (QED) is 0.546. The first kappa shape index (κ1) is 21.6. The molecule has 2 rings (SSSR count). The Hall–Kier alpha value is -1.67. The molecule has 0 saturated heterocycles.